The Morgan fingerprint density at radius 2 is 1.81 bits per heavy atom. The van der Waals surface area contributed by atoms with Gasteiger partial charge in [-0.2, -0.15) is 0 Å². The SMILES string of the molecule is O=C1CC(c2ccc(F)c(F)c2)CCN1c1ccc(-c2ccncc2)nc1. The number of anilines is 1. The molecule has 0 saturated carbocycles. The predicted molar refractivity (Wildman–Crippen MR) is 98.2 cm³/mol. The summed E-state index contributed by atoms with van der Waals surface area (Å²) < 4.78 is 26.6. The number of hydrogen-bond acceptors (Lipinski definition) is 3. The van der Waals surface area contributed by atoms with Gasteiger partial charge in [0, 0.05) is 30.9 Å². The molecule has 1 unspecified atom stereocenters. The van der Waals surface area contributed by atoms with Crippen LogP contribution in [-0.4, -0.2) is 22.4 Å². The van der Waals surface area contributed by atoms with Crippen LogP contribution in [0.2, 0.25) is 0 Å². The van der Waals surface area contributed by atoms with Gasteiger partial charge >= 0.3 is 0 Å². The number of amides is 1. The molecular formula is C21H17F2N3O. The van der Waals surface area contributed by atoms with Crippen LogP contribution in [0.1, 0.15) is 24.3 Å². The molecule has 1 amide bonds. The maximum atomic E-state index is 13.5. The molecule has 2 aromatic heterocycles. The van der Waals surface area contributed by atoms with Crippen molar-refractivity contribution in [3.63, 3.8) is 0 Å². The number of carbonyl (C=O) groups excluding carboxylic acids is 1. The van der Waals surface area contributed by atoms with E-state index in [9.17, 15) is 13.6 Å². The van der Waals surface area contributed by atoms with Crippen LogP contribution in [0.5, 0.6) is 0 Å². The van der Waals surface area contributed by atoms with Gasteiger partial charge in [-0.15, -0.1) is 0 Å². The van der Waals surface area contributed by atoms with Gasteiger partial charge in [0.15, 0.2) is 11.6 Å². The Bertz CT molecular complexity index is 961. The van der Waals surface area contributed by atoms with E-state index in [1.54, 1.807) is 29.6 Å². The molecule has 6 heteroatoms. The van der Waals surface area contributed by atoms with E-state index in [2.05, 4.69) is 9.97 Å². The number of piperidine rings is 1. The molecule has 1 atom stereocenters. The van der Waals surface area contributed by atoms with E-state index in [0.29, 0.717) is 18.5 Å². The highest BCUT2D eigenvalue weighted by Gasteiger charge is 2.28. The summed E-state index contributed by atoms with van der Waals surface area (Å²) in [6, 6.07) is 11.4. The van der Waals surface area contributed by atoms with E-state index < -0.39 is 11.6 Å². The Morgan fingerprint density at radius 1 is 1.00 bits per heavy atom. The summed E-state index contributed by atoms with van der Waals surface area (Å²) in [6.07, 6.45) is 6.04. The summed E-state index contributed by atoms with van der Waals surface area (Å²) >= 11 is 0. The molecule has 1 aliphatic rings. The van der Waals surface area contributed by atoms with Crippen LogP contribution in [0.25, 0.3) is 11.3 Å². The predicted octanol–water partition coefficient (Wildman–Crippen LogP) is 4.33. The smallest absolute Gasteiger partial charge is 0.227 e. The van der Waals surface area contributed by atoms with Crippen LogP contribution in [0.4, 0.5) is 14.5 Å². The highest BCUT2D eigenvalue weighted by Crippen LogP contribution is 2.32. The number of rotatable bonds is 3. The lowest BCUT2D eigenvalue weighted by Gasteiger charge is -2.32. The minimum absolute atomic E-state index is 0.0468. The second-order valence-electron chi connectivity index (χ2n) is 6.55. The number of hydrogen-bond donors (Lipinski definition) is 0. The molecule has 27 heavy (non-hydrogen) atoms. The molecule has 4 nitrogen and oxygen atoms in total. The summed E-state index contributed by atoms with van der Waals surface area (Å²) in [5.41, 5.74) is 3.17. The van der Waals surface area contributed by atoms with Gasteiger partial charge in [-0.05, 0) is 54.3 Å². The molecule has 1 aliphatic heterocycles. The molecule has 0 aliphatic carbocycles. The second kappa shape index (κ2) is 7.23. The van der Waals surface area contributed by atoms with Gasteiger partial charge in [-0.1, -0.05) is 6.07 Å². The van der Waals surface area contributed by atoms with Crippen molar-refractivity contribution < 1.29 is 13.6 Å². The van der Waals surface area contributed by atoms with Crippen molar-refractivity contribution in [2.45, 2.75) is 18.8 Å². The summed E-state index contributed by atoms with van der Waals surface area (Å²) in [5, 5.41) is 0. The molecule has 3 aromatic rings. The van der Waals surface area contributed by atoms with E-state index in [-0.39, 0.29) is 18.2 Å². The van der Waals surface area contributed by atoms with Gasteiger partial charge in [-0.3, -0.25) is 14.8 Å². The third kappa shape index (κ3) is 3.56. The zero-order chi connectivity index (χ0) is 18.8. The standard InChI is InChI=1S/C21H17F2N3O/c22-18-3-1-15(11-19(18)23)16-7-10-26(21(27)12-16)17-2-4-20(25-13-17)14-5-8-24-9-6-14/h1-6,8-9,11,13,16H,7,10,12H2. The fourth-order valence-electron chi connectivity index (χ4n) is 3.40. The first-order chi connectivity index (χ1) is 13.1. The van der Waals surface area contributed by atoms with Crippen LogP contribution in [0.15, 0.2) is 61.1 Å². The van der Waals surface area contributed by atoms with E-state index in [1.807, 2.05) is 24.3 Å². The summed E-state index contributed by atoms with van der Waals surface area (Å²) in [4.78, 5) is 22.7. The van der Waals surface area contributed by atoms with Crippen molar-refractivity contribution in [3.8, 4) is 11.3 Å². The maximum Gasteiger partial charge on any atom is 0.227 e. The molecule has 136 valence electrons. The normalized spacial score (nSPS) is 17.2. The monoisotopic (exact) mass is 365 g/mol. The molecule has 3 heterocycles. The largest absolute Gasteiger partial charge is 0.311 e. The Kier molecular flexibility index (Phi) is 4.62. The van der Waals surface area contributed by atoms with Gasteiger partial charge in [0.25, 0.3) is 0 Å². The highest BCUT2D eigenvalue weighted by atomic mass is 19.2. The minimum atomic E-state index is -0.877. The Hall–Kier alpha value is -3.15. The minimum Gasteiger partial charge on any atom is -0.311 e. The van der Waals surface area contributed by atoms with E-state index in [4.69, 9.17) is 0 Å². The zero-order valence-electron chi connectivity index (χ0n) is 14.5. The van der Waals surface area contributed by atoms with Crippen LogP contribution in [-0.2, 0) is 4.79 Å². The van der Waals surface area contributed by atoms with Gasteiger partial charge in [-0.25, -0.2) is 8.78 Å². The molecule has 0 spiro atoms. The van der Waals surface area contributed by atoms with Gasteiger partial charge in [0.1, 0.15) is 0 Å². The third-order valence-corrected chi connectivity index (χ3v) is 4.87. The molecular weight excluding hydrogens is 348 g/mol. The van der Waals surface area contributed by atoms with Crippen molar-refractivity contribution >= 4 is 11.6 Å². The van der Waals surface area contributed by atoms with Gasteiger partial charge in [0.05, 0.1) is 17.6 Å². The molecule has 0 radical (unpaired) electrons. The quantitative estimate of drug-likeness (QED) is 0.694. The van der Waals surface area contributed by atoms with Crippen LogP contribution in [0, 0.1) is 11.6 Å². The number of aromatic nitrogens is 2. The van der Waals surface area contributed by atoms with Crippen molar-refractivity contribution in [3.05, 3.63) is 78.3 Å². The fraction of sp³-hybridized carbons (Fsp3) is 0.190. The first kappa shape index (κ1) is 17.3. The average Bonchev–Trinajstić information content (AvgIpc) is 2.71. The molecule has 4 rings (SSSR count). The molecule has 0 bridgehead atoms. The van der Waals surface area contributed by atoms with Crippen LogP contribution in [0.3, 0.4) is 0 Å². The lowest BCUT2D eigenvalue weighted by atomic mass is 9.88. The third-order valence-electron chi connectivity index (χ3n) is 4.87. The van der Waals surface area contributed by atoms with E-state index in [0.717, 1.165) is 23.0 Å². The molecule has 0 N–H and O–H groups in total. The number of nitrogens with zero attached hydrogens (tertiary/aromatic N) is 3. The summed E-state index contributed by atoms with van der Waals surface area (Å²) in [7, 11) is 0. The first-order valence-electron chi connectivity index (χ1n) is 8.73. The lowest BCUT2D eigenvalue weighted by molar-refractivity contribution is -0.119. The summed E-state index contributed by atoms with van der Waals surface area (Å²) in [6.45, 7) is 0.513. The van der Waals surface area contributed by atoms with Gasteiger partial charge < -0.3 is 4.90 Å². The van der Waals surface area contributed by atoms with Crippen molar-refractivity contribution in [1.29, 1.82) is 0 Å². The number of halogens is 2. The highest BCUT2D eigenvalue weighted by molar-refractivity contribution is 5.94. The van der Waals surface area contributed by atoms with Crippen molar-refractivity contribution in [2.24, 2.45) is 0 Å². The topological polar surface area (TPSA) is 46.1 Å². The van der Waals surface area contributed by atoms with Crippen LogP contribution >= 0.6 is 0 Å². The van der Waals surface area contributed by atoms with E-state index >= 15 is 0 Å². The van der Waals surface area contributed by atoms with E-state index in [1.165, 1.54) is 6.07 Å². The average molecular weight is 365 g/mol. The van der Waals surface area contributed by atoms with Crippen molar-refractivity contribution in [2.75, 3.05) is 11.4 Å². The fourth-order valence-corrected chi connectivity index (χ4v) is 3.40. The molecule has 1 fully saturated rings. The second-order valence-corrected chi connectivity index (χ2v) is 6.55. The van der Waals surface area contributed by atoms with Gasteiger partial charge in [0.2, 0.25) is 5.91 Å². The van der Waals surface area contributed by atoms with Crippen molar-refractivity contribution in [1.82, 2.24) is 9.97 Å². The Balaban J connectivity index is 1.48. The lowest BCUT2D eigenvalue weighted by Crippen LogP contribution is -2.38. The Morgan fingerprint density at radius 3 is 2.48 bits per heavy atom. The number of pyridine rings is 2. The first-order valence-corrected chi connectivity index (χ1v) is 8.73. The number of benzene rings is 1. The molecule has 1 aromatic carbocycles. The number of carbonyl (C=O) groups is 1. The molecule has 1 saturated heterocycles. The summed E-state index contributed by atoms with van der Waals surface area (Å²) in [5.74, 6) is -1.90. The zero-order valence-corrected chi connectivity index (χ0v) is 14.5. The maximum absolute atomic E-state index is 13.5. The Labute approximate surface area is 155 Å². The van der Waals surface area contributed by atoms with Crippen LogP contribution < -0.4 is 4.90 Å².